The number of amides is 2. The van der Waals surface area contributed by atoms with Crippen LogP contribution < -0.4 is 5.32 Å². The van der Waals surface area contributed by atoms with Gasteiger partial charge in [0.25, 0.3) is 5.91 Å². The first kappa shape index (κ1) is 23.3. The molecule has 0 spiro atoms. The topological polar surface area (TPSA) is 58.6 Å². The molecule has 0 radical (unpaired) electrons. The zero-order valence-electron chi connectivity index (χ0n) is 17.9. The fourth-order valence-electron chi connectivity index (χ4n) is 3.90. The number of benzene rings is 3. The second kappa shape index (κ2) is 10.8. The Balaban J connectivity index is 1.54. The van der Waals surface area contributed by atoms with Gasteiger partial charge in [-0.1, -0.05) is 83.9 Å². The first-order chi connectivity index (χ1) is 16.0. The Morgan fingerprint density at radius 3 is 2.39 bits per heavy atom. The van der Waals surface area contributed by atoms with E-state index in [1.807, 2.05) is 60.7 Å². The molecule has 3 aromatic carbocycles. The molecule has 170 valence electrons. The summed E-state index contributed by atoms with van der Waals surface area (Å²) in [5, 5.41) is 3.57. The highest BCUT2D eigenvalue weighted by Crippen LogP contribution is 2.24. The summed E-state index contributed by atoms with van der Waals surface area (Å²) in [6.45, 7) is 1.32. The maximum absolute atomic E-state index is 13.6. The summed E-state index contributed by atoms with van der Waals surface area (Å²) in [7, 11) is 0. The number of carbonyl (C=O) groups excluding carboxylic acids is 2. The molecule has 33 heavy (non-hydrogen) atoms. The molecule has 0 bridgehead atoms. The van der Waals surface area contributed by atoms with E-state index >= 15 is 0 Å². The van der Waals surface area contributed by atoms with Crippen molar-refractivity contribution in [1.82, 2.24) is 10.2 Å². The number of ether oxygens (including phenoxy) is 1. The molecule has 3 aromatic rings. The van der Waals surface area contributed by atoms with Crippen LogP contribution in [-0.2, 0) is 16.0 Å². The third kappa shape index (κ3) is 5.93. The van der Waals surface area contributed by atoms with E-state index in [2.05, 4.69) is 5.32 Å². The van der Waals surface area contributed by atoms with Crippen LogP contribution in [0.3, 0.4) is 0 Å². The minimum Gasteiger partial charge on any atom is -0.370 e. The average molecular weight is 483 g/mol. The number of hydrogen-bond donors (Lipinski definition) is 1. The molecule has 0 aliphatic carbocycles. The number of halogens is 2. The quantitative estimate of drug-likeness (QED) is 0.541. The van der Waals surface area contributed by atoms with Gasteiger partial charge in [-0.05, 0) is 29.3 Å². The van der Waals surface area contributed by atoms with Gasteiger partial charge in [0.15, 0.2) is 0 Å². The molecule has 0 unspecified atom stereocenters. The Morgan fingerprint density at radius 2 is 1.70 bits per heavy atom. The monoisotopic (exact) mass is 482 g/mol. The van der Waals surface area contributed by atoms with E-state index in [1.165, 1.54) is 6.07 Å². The Bertz CT molecular complexity index is 1110. The highest BCUT2D eigenvalue weighted by molar-refractivity contribution is 6.36. The first-order valence-electron chi connectivity index (χ1n) is 10.8. The number of nitrogens with zero attached hydrogens (tertiary/aromatic N) is 1. The van der Waals surface area contributed by atoms with Gasteiger partial charge in [0.2, 0.25) is 5.91 Å². The number of morpholine rings is 1. The lowest BCUT2D eigenvalue weighted by Crippen LogP contribution is -2.53. The van der Waals surface area contributed by atoms with Crippen LogP contribution in [-0.4, -0.2) is 42.5 Å². The normalized spacial score (nSPS) is 16.8. The van der Waals surface area contributed by atoms with Crippen molar-refractivity contribution in [3.8, 4) is 0 Å². The van der Waals surface area contributed by atoms with Crippen LogP contribution in [0.25, 0.3) is 0 Å². The van der Waals surface area contributed by atoms with Gasteiger partial charge in [-0.25, -0.2) is 0 Å². The van der Waals surface area contributed by atoms with Crippen LogP contribution in [0.1, 0.15) is 27.6 Å². The number of hydrogen-bond acceptors (Lipinski definition) is 3. The molecule has 1 aliphatic heterocycles. The summed E-state index contributed by atoms with van der Waals surface area (Å²) >= 11 is 12.2. The molecule has 1 saturated heterocycles. The lowest BCUT2D eigenvalue weighted by Gasteiger charge is -2.35. The summed E-state index contributed by atoms with van der Waals surface area (Å²) < 4.78 is 5.91. The lowest BCUT2D eigenvalue weighted by atomic mass is 10.0. The fraction of sp³-hybridized carbons (Fsp3) is 0.231. The Labute approximate surface area is 203 Å². The third-order valence-corrected chi connectivity index (χ3v) is 6.16. The molecule has 1 aliphatic rings. The summed E-state index contributed by atoms with van der Waals surface area (Å²) in [5.74, 6) is -0.569. The molecule has 1 heterocycles. The van der Waals surface area contributed by atoms with Gasteiger partial charge >= 0.3 is 0 Å². The number of carbonyl (C=O) groups is 2. The van der Waals surface area contributed by atoms with Crippen molar-refractivity contribution in [2.24, 2.45) is 0 Å². The standard InChI is InChI=1S/C26H24Cl2N2O3/c27-20-11-12-21(22(28)16-20)25(31)29-23(15-18-7-3-1-4-8-18)26(32)30-13-14-33-24(17-30)19-9-5-2-6-10-19/h1-12,16,23-24H,13-15,17H2,(H,29,31)/t23-,24-/m0/s1. The summed E-state index contributed by atoms with van der Waals surface area (Å²) in [6.07, 6.45) is 0.159. The van der Waals surface area contributed by atoms with E-state index in [1.54, 1.807) is 17.0 Å². The van der Waals surface area contributed by atoms with Crippen molar-refractivity contribution >= 4 is 35.0 Å². The Kier molecular flexibility index (Phi) is 7.65. The van der Waals surface area contributed by atoms with Gasteiger partial charge in [-0.2, -0.15) is 0 Å². The highest BCUT2D eigenvalue weighted by Gasteiger charge is 2.31. The second-order valence-corrected chi connectivity index (χ2v) is 8.74. The van der Waals surface area contributed by atoms with Crippen LogP contribution in [0.2, 0.25) is 10.0 Å². The fourth-order valence-corrected chi connectivity index (χ4v) is 4.39. The second-order valence-electron chi connectivity index (χ2n) is 7.89. The molecule has 0 saturated carbocycles. The first-order valence-corrected chi connectivity index (χ1v) is 11.5. The molecular weight excluding hydrogens is 459 g/mol. The minimum absolute atomic E-state index is 0.151. The van der Waals surface area contributed by atoms with Gasteiger partial charge in [0, 0.05) is 18.0 Å². The van der Waals surface area contributed by atoms with Gasteiger partial charge in [-0.15, -0.1) is 0 Å². The Morgan fingerprint density at radius 1 is 1.00 bits per heavy atom. The molecule has 0 aromatic heterocycles. The van der Waals surface area contributed by atoms with Gasteiger partial charge in [0.1, 0.15) is 12.1 Å². The molecule has 2 amide bonds. The van der Waals surface area contributed by atoms with E-state index in [0.29, 0.717) is 31.1 Å². The molecular formula is C26H24Cl2N2O3. The smallest absolute Gasteiger partial charge is 0.253 e. The van der Waals surface area contributed by atoms with E-state index < -0.39 is 11.9 Å². The molecule has 7 heteroatoms. The third-order valence-electron chi connectivity index (χ3n) is 5.61. The van der Waals surface area contributed by atoms with E-state index in [4.69, 9.17) is 27.9 Å². The number of rotatable bonds is 6. The molecule has 1 N–H and O–H groups in total. The van der Waals surface area contributed by atoms with Crippen molar-refractivity contribution in [3.05, 3.63) is 106 Å². The maximum Gasteiger partial charge on any atom is 0.253 e. The summed E-state index contributed by atoms with van der Waals surface area (Å²) in [6, 6.07) is 23.4. The molecule has 4 rings (SSSR count). The SMILES string of the molecule is O=C(N[C@@H](Cc1ccccc1)C(=O)N1CCO[C@H](c2ccccc2)C1)c1ccc(Cl)cc1Cl. The van der Waals surface area contributed by atoms with Crippen LogP contribution in [0.5, 0.6) is 0 Å². The number of nitrogens with one attached hydrogen (secondary N) is 1. The van der Waals surface area contributed by atoms with Crippen LogP contribution in [0.4, 0.5) is 0 Å². The van der Waals surface area contributed by atoms with Crippen molar-refractivity contribution in [1.29, 1.82) is 0 Å². The highest BCUT2D eigenvalue weighted by atomic mass is 35.5. The predicted molar refractivity (Wildman–Crippen MR) is 130 cm³/mol. The minimum atomic E-state index is -0.749. The molecule has 1 fully saturated rings. The van der Waals surface area contributed by atoms with E-state index in [-0.39, 0.29) is 22.6 Å². The largest absolute Gasteiger partial charge is 0.370 e. The lowest BCUT2D eigenvalue weighted by molar-refractivity contribution is -0.141. The Hall–Kier alpha value is -2.86. The maximum atomic E-state index is 13.6. The van der Waals surface area contributed by atoms with Crippen molar-refractivity contribution in [2.75, 3.05) is 19.7 Å². The predicted octanol–water partition coefficient (Wildman–Crippen LogP) is 4.93. The average Bonchev–Trinajstić information content (AvgIpc) is 2.84. The van der Waals surface area contributed by atoms with Gasteiger partial charge in [-0.3, -0.25) is 9.59 Å². The van der Waals surface area contributed by atoms with Crippen molar-refractivity contribution in [3.63, 3.8) is 0 Å². The zero-order valence-corrected chi connectivity index (χ0v) is 19.4. The summed E-state index contributed by atoms with van der Waals surface area (Å²) in [5.41, 5.74) is 2.24. The van der Waals surface area contributed by atoms with Crippen molar-refractivity contribution < 1.29 is 14.3 Å². The van der Waals surface area contributed by atoms with E-state index in [0.717, 1.165) is 11.1 Å². The molecule has 2 atom stereocenters. The zero-order chi connectivity index (χ0) is 23.2. The van der Waals surface area contributed by atoms with Gasteiger partial charge in [0.05, 0.1) is 23.7 Å². The summed E-state index contributed by atoms with van der Waals surface area (Å²) in [4.78, 5) is 28.4. The van der Waals surface area contributed by atoms with Crippen LogP contribution in [0, 0.1) is 0 Å². The van der Waals surface area contributed by atoms with E-state index in [9.17, 15) is 9.59 Å². The van der Waals surface area contributed by atoms with Crippen LogP contribution in [0.15, 0.2) is 78.9 Å². The van der Waals surface area contributed by atoms with Crippen LogP contribution >= 0.6 is 23.2 Å². The molecule has 5 nitrogen and oxygen atoms in total. The van der Waals surface area contributed by atoms with Crippen molar-refractivity contribution in [2.45, 2.75) is 18.6 Å². The van der Waals surface area contributed by atoms with Gasteiger partial charge < -0.3 is 15.0 Å².